The van der Waals surface area contributed by atoms with E-state index >= 15 is 0 Å². The first kappa shape index (κ1) is 27.1. The van der Waals surface area contributed by atoms with Gasteiger partial charge < -0.3 is 4.74 Å². The van der Waals surface area contributed by atoms with E-state index in [1.54, 1.807) is 0 Å². The van der Waals surface area contributed by atoms with Crippen molar-refractivity contribution in [2.24, 2.45) is 0 Å². The number of rotatable bonds is 9. The first-order valence-electron chi connectivity index (χ1n) is 13.4. The van der Waals surface area contributed by atoms with Crippen LogP contribution in [0.4, 0.5) is 8.78 Å². The third kappa shape index (κ3) is 7.11. The predicted molar refractivity (Wildman–Crippen MR) is 153 cm³/mol. The third-order valence-corrected chi connectivity index (χ3v) is 6.68. The molecule has 0 saturated carbocycles. The number of unbranched alkanes of at least 4 members (excludes halogenated alkanes) is 1. The van der Waals surface area contributed by atoms with Crippen LogP contribution in [0.1, 0.15) is 60.1 Å². The van der Waals surface area contributed by atoms with Gasteiger partial charge in [0.25, 0.3) is 0 Å². The Kier molecular flexibility index (Phi) is 9.33. The van der Waals surface area contributed by atoms with Crippen LogP contribution in [-0.2, 0) is 19.3 Å². The second-order valence-electron chi connectivity index (χ2n) is 9.61. The molecule has 0 amide bonds. The molecule has 0 aromatic heterocycles. The highest BCUT2D eigenvalue weighted by Gasteiger charge is 2.07. The Balaban J connectivity index is 1.37. The summed E-state index contributed by atoms with van der Waals surface area (Å²) in [5.74, 6) is 6.25. The second-order valence-corrected chi connectivity index (χ2v) is 9.61. The Labute approximate surface area is 225 Å². The van der Waals surface area contributed by atoms with E-state index in [4.69, 9.17) is 4.74 Å². The minimum Gasteiger partial charge on any atom is -0.493 e. The molecular formula is C35H34F2O. The Bertz CT molecular complexity index is 1420. The van der Waals surface area contributed by atoms with Crippen LogP contribution in [0.3, 0.4) is 0 Å². The molecule has 38 heavy (non-hydrogen) atoms. The van der Waals surface area contributed by atoms with Gasteiger partial charge in [0.15, 0.2) is 0 Å². The summed E-state index contributed by atoms with van der Waals surface area (Å²) in [6, 6.07) is 25.1. The Hall–Kier alpha value is -3.90. The van der Waals surface area contributed by atoms with E-state index in [0.29, 0.717) is 29.9 Å². The lowest BCUT2D eigenvalue weighted by Gasteiger charge is -2.09. The molecule has 0 radical (unpaired) electrons. The van der Waals surface area contributed by atoms with Crippen LogP contribution < -0.4 is 4.74 Å². The lowest BCUT2D eigenvalue weighted by Crippen LogP contribution is -1.99. The second kappa shape index (κ2) is 13.1. The molecule has 0 aliphatic carbocycles. The summed E-state index contributed by atoms with van der Waals surface area (Å²) < 4.78 is 34.5. The predicted octanol–water partition coefficient (Wildman–Crippen LogP) is 8.87. The van der Waals surface area contributed by atoms with E-state index < -0.39 is 0 Å². The van der Waals surface area contributed by atoms with Crippen molar-refractivity contribution in [1.29, 1.82) is 0 Å². The van der Waals surface area contributed by atoms with E-state index in [9.17, 15) is 8.78 Å². The molecule has 0 saturated heterocycles. The van der Waals surface area contributed by atoms with Crippen molar-refractivity contribution in [3.05, 3.63) is 124 Å². The minimum absolute atomic E-state index is 0.213. The van der Waals surface area contributed by atoms with Gasteiger partial charge in [0.1, 0.15) is 17.4 Å². The SMILES string of the molecule is CCCCOc1ccc(CCc2ccc(-c3ccc(C#Cc4c(F)cc(C)cc4CC)cc3)cc2)c(F)c1. The summed E-state index contributed by atoms with van der Waals surface area (Å²) in [5, 5.41) is 0. The highest BCUT2D eigenvalue weighted by atomic mass is 19.1. The Morgan fingerprint density at radius 1 is 0.711 bits per heavy atom. The topological polar surface area (TPSA) is 9.23 Å². The summed E-state index contributed by atoms with van der Waals surface area (Å²) in [5.41, 5.74) is 7.21. The van der Waals surface area contributed by atoms with Gasteiger partial charge in [0.05, 0.1) is 12.2 Å². The molecule has 0 heterocycles. The zero-order valence-electron chi connectivity index (χ0n) is 22.4. The van der Waals surface area contributed by atoms with Crippen molar-refractivity contribution >= 4 is 0 Å². The lowest BCUT2D eigenvalue weighted by molar-refractivity contribution is 0.307. The van der Waals surface area contributed by atoms with E-state index in [0.717, 1.165) is 59.1 Å². The summed E-state index contributed by atoms with van der Waals surface area (Å²) in [6.45, 7) is 6.63. The number of halogens is 2. The van der Waals surface area contributed by atoms with Crippen molar-refractivity contribution in [3.63, 3.8) is 0 Å². The van der Waals surface area contributed by atoms with Gasteiger partial charge in [0.2, 0.25) is 0 Å². The molecule has 0 atom stereocenters. The fourth-order valence-electron chi connectivity index (χ4n) is 4.41. The van der Waals surface area contributed by atoms with Gasteiger partial charge in [-0.1, -0.05) is 80.6 Å². The van der Waals surface area contributed by atoms with Gasteiger partial charge in [-0.2, -0.15) is 0 Å². The highest BCUT2D eigenvalue weighted by molar-refractivity contribution is 5.65. The normalized spacial score (nSPS) is 10.7. The molecule has 0 unspecified atom stereocenters. The minimum atomic E-state index is -0.262. The van der Waals surface area contributed by atoms with Crippen molar-refractivity contribution in [2.75, 3.05) is 6.61 Å². The van der Waals surface area contributed by atoms with Crippen LogP contribution in [0.15, 0.2) is 78.9 Å². The summed E-state index contributed by atoms with van der Waals surface area (Å²) in [6.07, 6.45) is 4.15. The molecule has 0 fully saturated rings. The van der Waals surface area contributed by atoms with Crippen LogP contribution in [0.25, 0.3) is 11.1 Å². The fraction of sp³-hybridized carbons (Fsp3) is 0.257. The quantitative estimate of drug-likeness (QED) is 0.162. The molecule has 4 aromatic carbocycles. The molecule has 1 nitrogen and oxygen atoms in total. The first-order chi connectivity index (χ1) is 18.5. The Morgan fingerprint density at radius 2 is 1.42 bits per heavy atom. The average molecular weight is 509 g/mol. The lowest BCUT2D eigenvalue weighted by atomic mass is 9.99. The third-order valence-electron chi connectivity index (χ3n) is 6.68. The first-order valence-corrected chi connectivity index (χ1v) is 13.4. The molecule has 194 valence electrons. The van der Waals surface area contributed by atoms with E-state index in [1.165, 1.54) is 12.1 Å². The van der Waals surface area contributed by atoms with Crippen LogP contribution in [0.5, 0.6) is 5.75 Å². The van der Waals surface area contributed by atoms with Gasteiger partial charge in [-0.05, 0) is 90.3 Å². The largest absolute Gasteiger partial charge is 0.493 e. The van der Waals surface area contributed by atoms with Gasteiger partial charge in [-0.3, -0.25) is 0 Å². The van der Waals surface area contributed by atoms with Crippen molar-refractivity contribution in [1.82, 2.24) is 0 Å². The summed E-state index contributed by atoms with van der Waals surface area (Å²) >= 11 is 0. The highest BCUT2D eigenvalue weighted by Crippen LogP contribution is 2.23. The standard InChI is InChI=1S/C35H34F2O/c1-4-6-21-38-32-19-18-31(34(36)24-32)17-11-26-7-13-29(14-8-26)30-15-9-27(10-16-30)12-20-33-28(5-2)22-25(3)23-35(33)37/h7-10,13-16,18-19,22-24H,4-6,11,17,21H2,1-3H3. The van der Waals surface area contributed by atoms with Crippen molar-refractivity contribution in [3.8, 4) is 28.7 Å². The molecule has 0 N–H and O–H groups in total. The zero-order valence-corrected chi connectivity index (χ0v) is 22.4. The number of benzene rings is 4. The monoisotopic (exact) mass is 508 g/mol. The fourth-order valence-corrected chi connectivity index (χ4v) is 4.41. The molecule has 4 aromatic rings. The van der Waals surface area contributed by atoms with Crippen LogP contribution in [-0.4, -0.2) is 6.61 Å². The van der Waals surface area contributed by atoms with E-state index in [-0.39, 0.29) is 11.6 Å². The molecule has 0 spiro atoms. The Morgan fingerprint density at radius 3 is 2.08 bits per heavy atom. The molecule has 0 aliphatic rings. The van der Waals surface area contributed by atoms with Crippen molar-refractivity contribution < 1.29 is 13.5 Å². The maximum Gasteiger partial charge on any atom is 0.139 e. The molecule has 0 aliphatic heterocycles. The molecule has 3 heteroatoms. The number of hydrogen-bond donors (Lipinski definition) is 0. The maximum absolute atomic E-state index is 14.5. The van der Waals surface area contributed by atoms with Crippen LogP contribution >= 0.6 is 0 Å². The smallest absolute Gasteiger partial charge is 0.139 e. The van der Waals surface area contributed by atoms with Crippen LogP contribution in [0.2, 0.25) is 0 Å². The van der Waals surface area contributed by atoms with Gasteiger partial charge in [-0.15, -0.1) is 0 Å². The van der Waals surface area contributed by atoms with Crippen molar-refractivity contribution in [2.45, 2.75) is 52.9 Å². The zero-order chi connectivity index (χ0) is 26.9. The van der Waals surface area contributed by atoms with Gasteiger partial charge in [-0.25, -0.2) is 8.78 Å². The average Bonchev–Trinajstić information content (AvgIpc) is 2.92. The summed E-state index contributed by atoms with van der Waals surface area (Å²) in [4.78, 5) is 0. The number of ether oxygens (including phenoxy) is 1. The van der Waals surface area contributed by atoms with E-state index in [2.05, 4.69) is 43.0 Å². The molecule has 4 rings (SSSR count). The van der Waals surface area contributed by atoms with Crippen LogP contribution in [0, 0.1) is 30.4 Å². The van der Waals surface area contributed by atoms with Gasteiger partial charge >= 0.3 is 0 Å². The molecular weight excluding hydrogens is 474 g/mol. The van der Waals surface area contributed by atoms with Gasteiger partial charge in [0, 0.05) is 11.6 Å². The molecule has 0 bridgehead atoms. The maximum atomic E-state index is 14.5. The number of hydrogen-bond acceptors (Lipinski definition) is 1. The summed E-state index contributed by atoms with van der Waals surface area (Å²) in [7, 11) is 0. The van der Waals surface area contributed by atoms with E-state index in [1.807, 2.05) is 56.3 Å². The number of aryl methyl sites for hydroxylation is 4.